The molecule has 1 amide bonds. The molecule has 0 atom stereocenters. The van der Waals surface area contributed by atoms with Crippen molar-refractivity contribution in [2.75, 3.05) is 25.1 Å². The van der Waals surface area contributed by atoms with Gasteiger partial charge in [0.1, 0.15) is 17.6 Å². The molecule has 1 aliphatic heterocycles. The van der Waals surface area contributed by atoms with Crippen molar-refractivity contribution in [2.24, 2.45) is 0 Å². The number of carboxylic acid groups (broad SMARTS) is 1. The van der Waals surface area contributed by atoms with Gasteiger partial charge in [-0.15, -0.1) is 0 Å². The molecule has 30 heavy (non-hydrogen) atoms. The van der Waals surface area contributed by atoms with Gasteiger partial charge in [0.15, 0.2) is 0 Å². The first-order valence-corrected chi connectivity index (χ1v) is 9.60. The lowest BCUT2D eigenvalue weighted by molar-refractivity contribution is 0.173. The van der Waals surface area contributed by atoms with Crippen LogP contribution in [-0.2, 0) is 0 Å². The van der Waals surface area contributed by atoms with E-state index >= 15 is 0 Å². The second kappa shape index (κ2) is 7.55. The van der Waals surface area contributed by atoms with E-state index in [1.807, 2.05) is 25.1 Å². The van der Waals surface area contributed by atoms with Crippen molar-refractivity contribution < 1.29 is 14.6 Å². The lowest BCUT2D eigenvalue weighted by Gasteiger charge is -2.39. The van der Waals surface area contributed by atoms with Crippen molar-refractivity contribution >= 4 is 17.4 Å². The minimum atomic E-state index is -0.991. The minimum Gasteiger partial charge on any atom is -0.495 e. The Hall–Kier alpha value is -3.80. The summed E-state index contributed by atoms with van der Waals surface area (Å²) in [5.74, 6) is 1.47. The molecule has 0 aliphatic carbocycles. The lowest BCUT2D eigenvalue weighted by atomic mass is 9.90. The SMILES string of the molecule is COc1cc(-c2ccc(N3CCC(C)(NC(=O)O)CC3)nc2)c2c(C#N)cnn2c1. The Bertz CT molecular complexity index is 1120. The van der Waals surface area contributed by atoms with Gasteiger partial charge < -0.3 is 20.1 Å². The number of ether oxygens (including phenoxy) is 1. The van der Waals surface area contributed by atoms with Crippen molar-refractivity contribution in [1.82, 2.24) is 19.9 Å². The molecule has 1 aliphatic rings. The van der Waals surface area contributed by atoms with Gasteiger partial charge in [-0.2, -0.15) is 10.4 Å². The van der Waals surface area contributed by atoms with Crippen LogP contribution >= 0.6 is 0 Å². The number of carbonyl (C=O) groups is 1. The highest BCUT2D eigenvalue weighted by Crippen LogP contribution is 2.32. The first kappa shape index (κ1) is 19.5. The van der Waals surface area contributed by atoms with Crippen LogP contribution < -0.4 is 15.0 Å². The van der Waals surface area contributed by atoms with Gasteiger partial charge in [0, 0.05) is 36.0 Å². The van der Waals surface area contributed by atoms with Gasteiger partial charge >= 0.3 is 6.09 Å². The van der Waals surface area contributed by atoms with Gasteiger partial charge in [0.25, 0.3) is 0 Å². The Labute approximate surface area is 173 Å². The number of hydrogen-bond acceptors (Lipinski definition) is 6. The Balaban J connectivity index is 1.60. The van der Waals surface area contributed by atoms with Gasteiger partial charge in [-0.1, -0.05) is 0 Å². The second-order valence-electron chi connectivity index (χ2n) is 7.64. The first-order valence-electron chi connectivity index (χ1n) is 9.60. The van der Waals surface area contributed by atoms with E-state index in [0.29, 0.717) is 42.8 Å². The highest BCUT2D eigenvalue weighted by Gasteiger charge is 2.31. The average molecular weight is 406 g/mol. The van der Waals surface area contributed by atoms with Gasteiger partial charge in [-0.05, 0) is 38.0 Å². The summed E-state index contributed by atoms with van der Waals surface area (Å²) in [4.78, 5) is 17.8. The molecular formula is C21H22N6O3. The number of methoxy groups -OCH3 is 1. The van der Waals surface area contributed by atoms with Gasteiger partial charge in [0.2, 0.25) is 0 Å². The zero-order valence-electron chi connectivity index (χ0n) is 16.8. The normalized spacial score (nSPS) is 15.6. The molecule has 0 aromatic carbocycles. The fourth-order valence-electron chi connectivity index (χ4n) is 3.86. The molecule has 3 aromatic heterocycles. The summed E-state index contributed by atoms with van der Waals surface area (Å²) in [5, 5.41) is 25.3. The number of fused-ring (bicyclic) bond motifs is 1. The van der Waals surface area contributed by atoms with Crippen molar-refractivity contribution in [3.05, 3.63) is 42.4 Å². The zero-order valence-corrected chi connectivity index (χ0v) is 16.8. The summed E-state index contributed by atoms with van der Waals surface area (Å²) in [5.41, 5.74) is 2.46. The van der Waals surface area contributed by atoms with Crippen molar-refractivity contribution in [1.29, 1.82) is 5.26 Å². The van der Waals surface area contributed by atoms with Crippen LogP contribution in [0.3, 0.4) is 0 Å². The van der Waals surface area contributed by atoms with E-state index < -0.39 is 11.6 Å². The number of piperidine rings is 1. The van der Waals surface area contributed by atoms with Crippen LogP contribution in [0.25, 0.3) is 16.6 Å². The molecule has 1 fully saturated rings. The minimum absolute atomic E-state index is 0.413. The monoisotopic (exact) mass is 406 g/mol. The van der Waals surface area contributed by atoms with E-state index in [9.17, 15) is 10.1 Å². The number of rotatable bonds is 4. The standard InChI is InChI=1S/C21H22N6O3/c1-21(25-20(28)29)5-7-26(8-6-21)18-4-3-14(11-23-18)17-9-16(30-2)13-27-19(17)15(10-22)12-24-27/h3-4,9,11-13,25H,5-8H2,1-2H3,(H,28,29). The maximum absolute atomic E-state index is 11.0. The van der Waals surface area contributed by atoms with Crippen molar-refractivity contribution in [3.8, 4) is 22.9 Å². The molecule has 154 valence electrons. The number of amides is 1. The Morgan fingerprint density at radius 1 is 1.33 bits per heavy atom. The second-order valence-corrected chi connectivity index (χ2v) is 7.64. The Morgan fingerprint density at radius 3 is 2.70 bits per heavy atom. The van der Waals surface area contributed by atoms with Crippen LogP contribution in [0.4, 0.5) is 10.6 Å². The third kappa shape index (κ3) is 3.59. The highest BCUT2D eigenvalue weighted by atomic mass is 16.5. The van der Waals surface area contributed by atoms with Crippen LogP contribution in [0.5, 0.6) is 5.75 Å². The van der Waals surface area contributed by atoms with Crippen molar-refractivity contribution in [3.63, 3.8) is 0 Å². The van der Waals surface area contributed by atoms with Gasteiger partial charge in [-0.3, -0.25) is 0 Å². The summed E-state index contributed by atoms with van der Waals surface area (Å²) in [6.07, 6.45) is 5.48. The number of hydrogen-bond donors (Lipinski definition) is 2. The molecule has 2 N–H and O–H groups in total. The largest absolute Gasteiger partial charge is 0.495 e. The maximum Gasteiger partial charge on any atom is 0.405 e. The highest BCUT2D eigenvalue weighted by molar-refractivity contribution is 5.85. The quantitative estimate of drug-likeness (QED) is 0.684. The van der Waals surface area contributed by atoms with Crippen molar-refractivity contribution in [2.45, 2.75) is 25.3 Å². The maximum atomic E-state index is 11.0. The number of nitriles is 1. The first-order chi connectivity index (χ1) is 14.4. The summed E-state index contributed by atoms with van der Waals surface area (Å²) < 4.78 is 7.01. The summed E-state index contributed by atoms with van der Waals surface area (Å²) in [7, 11) is 1.59. The predicted molar refractivity (Wildman–Crippen MR) is 111 cm³/mol. The van der Waals surface area contributed by atoms with Gasteiger partial charge in [-0.25, -0.2) is 14.3 Å². The average Bonchev–Trinajstić information content (AvgIpc) is 3.16. The molecule has 9 heteroatoms. The summed E-state index contributed by atoms with van der Waals surface area (Å²) in [6, 6.07) is 7.97. The molecule has 0 saturated carbocycles. The predicted octanol–water partition coefficient (Wildman–Crippen LogP) is 2.90. The fraction of sp³-hybridized carbons (Fsp3) is 0.333. The van der Waals surface area contributed by atoms with E-state index in [1.165, 1.54) is 6.20 Å². The van der Waals surface area contributed by atoms with E-state index in [4.69, 9.17) is 9.84 Å². The van der Waals surface area contributed by atoms with E-state index in [2.05, 4.69) is 26.4 Å². The number of aromatic nitrogens is 3. The molecule has 3 aromatic rings. The number of nitrogens with zero attached hydrogens (tertiary/aromatic N) is 5. The Kier molecular flexibility index (Phi) is 4.91. The van der Waals surface area contributed by atoms with Crippen LogP contribution in [0.15, 0.2) is 36.8 Å². The molecule has 0 radical (unpaired) electrons. The smallest absolute Gasteiger partial charge is 0.405 e. The molecule has 0 unspecified atom stereocenters. The fourth-order valence-corrected chi connectivity index (χ4v) is 3.86. The number of pyridine rings is 2. The molecule has 0 spiro atoms. The van der Waals surface area contributed by atoms with Gasteiger partial charge in [0.05, 0.1) is 30.6 Å². The van der Waals surface area contributed by atoms with Crippen LogP contribution in [0.1, 0.15) is 25.3 Å². The summed E-state index contributed by atoms with van der Waals surface area (Å²) in [6.45, 7) is 3.36. The molecule has 0 bridgehead atoms. The topological polar surface area (TPSA) is 116 Å². The van der Waals surface area contributed by atoms with E-state index in [0.717, 1.165) is 16.9 Å². The molecular weight excluding hydrogens is 384 g/mol. The van der Waals surface area contributed by atoms with Crippen LogP contribution in [-0.4, -0.2) is 51.5 Å². The summed E-state index contributed by atoms with van der Waals surface area (Å²) >= 11 is 0. The number of nitrogens with one attached hydrogen (secondary N) is 1. The molecule has 4 heterocycles. The molecule has 1 saturated heterocycles. The number of anilines is 1. The zero-order chi connectivity index (χ0) is 21.3. The lowest BCUT2D eigenvalue weighted by Crippen LogP contribution is -2.53. The molecule has 9 nitrogen and oxygen atoms in total. The van der Waals surface area contributed by atoms with E-state index in [1.54, 1.807) is 24.0 Å². The van der Waals surface area contributed by atoms with E-state index in [-0.39, 0.29) is 0 Å². The third-order valence-electron chi connectivity index (χ3n) is 5.60. The Morgan fingerprint density at radius 2 is 2.10 bits per heavy atom. The van der Waals surface area contributed by atoms with Crippen LogP contribution in [0, 0.1) is 11.3 Å². The molecule has 4 rings (SSSR count). The van der Waals surface area contributed by atoms with Crippen LogP contribution in [0.2, 0.25) is 0 Å². The third-order valence-corrected chi connectivity index (χ3v) is 5.60.